The van der Waals surface area contributed by atoms with Gasteiger partial charge in [-0.1, -0.05) is 11.6 Å². The van der Waals surface area contributed by atoms with E-state index in [1.54, 1.807) is 0 Å². The van der Waals surface area contributed by atoms with Crippen molar-refractivity contribution in [1.29, 1.82) is 0 Å². The van der Waals surface area contributed by atoms with Gasteiger partial charge in [0.05, 0.1) is 17.4 Å². The highest BCUT2D eigenvalue weighted by atomic mass is 35.5. The van der Waals surface area contributed by atoms with Crippen molar-refractivity contribution in [3.63, 3.8) is 0 Å². The normalized spacial score (nSPS) is 25.0. The number of hydrogen-bond donors (Lipinski definition) is 1. The van der Waals surface area contributed by atoms with E-state index < -0.39 is 17.7 Å². The number of carbonyl (C=O) groups excluding carboxylic acids is 1. The van der Waals surface area contributed by atoms with Gasteiger partial charge >= 0.3 is 6.18 Å². The molecule has 3 aliphatic rings. The lowest BCUT2D eigenvalue weighted by Crippen LogP contribution is -2.71. The van der Waals surface area contributed by atoms with Crippen molar-refractivity contribution in [3.8, 4) is 5.75 Å². The minimum absolute atomic E-state index is 0.0203. The molecule has 5 rings (SSSR count). The molecule has 2 bridgehead atoms. The molecule has 3 fully saturated rings. The van der Waals surface area contributed by atoms with Gasteiger partial charge in [-0.05, 0) is 36.8 Å². The number of hydrogen-bond acceptors (Lipinski definition) is 5. The maximum absolute atomic E-state index is 13.4. The van der Waals surface area contributed by atoms with Crippen molar-refractivity contribution in [2.45, 2.75) is 37.4 Å². The number of ketones is 1. The van der Waals surface area contributed by atoms with E-state index in [4.69, 9.17) is 16.3 Å². The van der Waals surface area contributed by atoms with Crippen molar-refractivity contribution in [2.24, 2.45) is 5.41 Å². The zero-order valence-corrected chi connectivity index (χ0v) is 15.8. The van der Waals surface area contributed by atoms with Gasteiger partial charge in [0.1, 0.15) is 24.0 Å². The minimum Gasteiger partial charge on any atom is -0.486 e. The number of rotatable bonds is 7. The maximum Gasteiger partial charge on any atom is 0.434 e. The van der Waals surface area contributed by atoms with Gasteiger partial charge in [-0.3, -0.25) is 4.79 Å². The van der Waals surface area contributed by atoms with Crippen molar-refractivity contribution in [3.05, 3.63) is 47.1 Å². The van der Waals surface area contributed by atoms with Gasteiger partial charge in [0.25, 0.3) is 0 Å². The monoisotopic (exact) mass is 429 g/mol. The Hall–Kier alpha value is -2.42. The van der Waals surface area contributed by atoms with E-state index in [2.05, 4.69) is 15.3 Å². The highest BCUT2D eigenvalue weighted by Gasteiger charge is 2.68. The quantitative estimate of drug-likeness (QED) is 0.648. The summed E-state index contributed by atoms with van der Waals surface area (Å²) in [6.45, 7) is -0.159. The smallest absolute Gasteiger partial charge is 0.434 e. The third-order valence-electron chi connectivity index (χ3n) is 5.34. The van der Waals surface area contributed by atoms with E-state index in [1.165, 1.54) is 12.1 Å². The summed E-state index contributed by atoms with van der Waals surface area (Å²) in [6, 6.07) is 3.97. The van der Waals surface area contributed by atoms with Crippen LogP contribution in [0.15, 0.2) is 30.6 Å². The lowest BCUT2D eigenvalue weighted by atomic mass is 9.38. The SMILES string of the molecule is O=C(COc1ccc(Cl)c(F)c1)CC12CC(Nc3cnc(C(F)(F)F)cn3)(C1)C2. The number of Topliss-reactive ketones (excluding diaryl/α,β-unsaturated/α-hetero) is 1. The third kappa shape index (κ3) is 4.01. The fourth-order valence-electron chi connectivity index (χ4n) is 4.33. The predicted octanol–water partition coefficient (Wildman–Crippen LogP) is 4.66. The second-order valence-electron chi connectivity index (χ2n) is 7.80. The lowest BCUT2D eigenvalue weighted by Gasteiger charge is -2.70. The summed E-state index contributed by atoms with van der Waals surface area (Å²) in [5.74, 6) is -0.194. The molecule has 2 aromatic rings. The van der Waals surface area contributed by atoms with Crippen molar-refractivity contribution >= 4 is 23.2 Å². The van der Waals surface area contributed by atoms with Crippen LogP contribution in [-0.4, -0.2) is 27.9 Å². The largest absolute Gasteiger partial charge is 0.486 e. The number of aromatic nitrogens is 2. The van der Waals surface area contributed by atoms with Crippen LogP contribution >= 0.6 is 11.6 Å². The second kappa shape index (κ2) is 6.83. The molecular formula is C19H16ClF4N3O2. The highest BCUT2D eigenvalue weighted by molar-refractivity contribution is 6.30. The lowest BCUT2D eigenvalue weighted by molar-refractivity contribution is -0.147. The number of benzene rings is 1. The molecule has 3 aliphatic carbocycles. The first-order chi connectivity index (χ1) is 13.6. The Morgan fingerprint density at radius 1 is 1.21 bits per heavy atom. The van der Waals surface area contributed by atoms with Crippen LogP contribution in [0.3, 0.4) is 0 Å². The minimum atomic E-state index is -4.52. The van der Waals surface area contributed by atoms with Gasteiger partial charge in [0.2, 0.25) is 0 Å². The van der Waals surface area contributed by atoms with Crippen LogP contribution in [0.25, 0.3) is 0 Å². The summed E-state index contributed by atoms with van der Waals surface area (Å²) < 4.78 is 56.3. The Morgan fingerprint density at radius 2 is 1.93 bits per heavy atom. The van der Waals surface area contributed by atoms with Crippen LogP contribution in [0.5, 0.6) is 5.75 Å². The fraction of sp³-hybridized carbons (Fsp3) is 0.421. The van der Waals surface area contributed by atoms with Crippen LogP contribution in [0.2, 0.25) is 5.02 Å². The van der Waals surface area contributed by atoms with Crippen molar-refractivity contribution in [2.75, 3.05) is 11.9 Å². The van der Waals surface area contributed by atoms with E-state index in [1.807, 2.05) is 0 Å². The first-order valence-corrected chi connectivity index (χ1v) is 9.23. The van der Waals surface area contributed by atoms with Gasteiger partial charge in [-0.25, -0.2) is 14.4 Å². The van der Waals surface area contributed by atoms with Gasteiger partial charge in [-0.2, -0.15) is 13.2 Å². The Labute approximate surface area is 168 Å². The van der Waals surface area contributed by atoms with E-state index in [0.717, 1.165) is 31.5 Å². The van der Waals surface area contributed by atoms with Crippen LogP contribution in [-0.2, 0) is 11.0 Å². The molecule has 0 unspecified atom stereocenters. The van der Waals surface area contributed by atoms with E-state index in [-0.39, 0.29) is 39.9 Å². The topological polar surface area (TPSA) is 64.1 Å². The Balaban J connectivity index is 1.24. The Bertz CT molecular complexity index is 930. The molecule has 5 nitrogen and oxygen atoms in total. The molecule has 0 saturated heterocycles. The van der Waals surface area contributed by atoms with Crippen LogP contribution in [0.1, 0.15) is 31.4 Å². The second-order valence-corrected chi connectivity index (χ2v) is 8.21. The molecule has 1 heterocycles. The van der Waals surface area contributed by atoms with Crippen molar-refractivity contribution in [1.82, 2.24) is 9.97 Å². The molecule has 0 aliphatic heterocycles. The molecule has 10 heteroatoms. The molecular weight excluding hydrogens is 414 g/mol. The van der Waals surface area contributed by atoms with Crippen LogP contribution in [0.4, 0.5) is 23.4 Å². The Morgan fingerprint density at radius 3 is 2.52 bits per heavy atom. The van der Waals surface area contributed by atoms with Crippen LogP contribution < -0.4 is 10.1 Å². The van der Waals surface area contributed by atoms with E-state index >= 15 is 0 Å². The zero-order valence-electron chi connectivity index (χ0n) is 15.0. The number of alkyl halides is 3. The van der Waals surface area contributed by atoms with Gasteiger partial charge in [-0.15, -0.1) is 0 Å². The molecule has 0 amide bonds. The first-order valence-electron chi connectivity index (χ1n) is 8.85. The molecule has 0 radical (unpaired) electrons. The number of carbonyl (C=O) groups is 1. The first kappa shape index (κ1) is 19.9. The summed E-state index contributed by atoms with van der Waals surface area (Å²) in [6.07, 6.45) is -0.237. The molecule has 154 valence electrons. The average Bonchev–Trinajstić information content (AvgIpc) is 2.59. The van der Waals surface area contributed by atoms with Gasteiger partial charge in [0.15, 0.2) is 11.5 Å². The molecule has 1 N–H and O–H groups in total. The number of ether oxygens (including phenoxy) is 1. The van der Waals surface area contributed by atoms with E-state index in [0.29, 0.717) is 12.6 Å². The number of anilines is 1. The number of halogens is 5. The fourth-order valence-corrected chi connectivity index (χ4v) is 4.45. The summed E-state index contributed by atoms with van der Waals surface area (Å²) in [4.78, 5) is 19.4. The van der Waals surface area contributed by atoms with Crippen molar-refractivity contribution < 1.29 is 27.1 Å². The summed E-state index contributed by atoms with van der Waals surface area (Å²) in [5, 5.41) is 3.11. The third-order valence-corrected chi connectivity index (χ3v) is 5.65. The predicted molar refractivity (Wildman–Crippen MR) is 96.2 cm³/mol. The number of nitrogens with zero attached hydrogens (tertiary/aromatic N) is 2. The number of nitrogens with one attached hydrogen (secondary N) is 1. The molecule has 29 heavy (non-hydrogen) atoms. The average molecular weight is 430 g/mol. The summed E-state index contributed by atoms with van der Waals surface area (Å²) in [7, 11) is 0. The maximum atomic E-state index is 13.4. The van der Waals surface area contributed by atoms with E-state index in [9.17, 15) is 22.4 Å². The zero-order chi connectivity index (χ0) is 20.9. The van der Waals surface area contributed by atoms with Gasteiger partial charge < -0.3 is 10.1 Å². The molecule has 3 saturated carbocycles. The standard InChI is InChI=1S/C19H16ClF4N3O2/c20-13-2-1-12(3-14(13)21)29-7-11(28)4-17-8-18(9-17,10-17)27-16-6-25-15(5-26-16)19(22,23)24/h1-3,5-6H,4,7-10H2,(H,26,27). The summed E-state index contributed by atoms with van der Waals surface area (Å²) >= 11 is 5.60. The molecule has 1 aromatic carbocycles. The summed E-state index contributed by atoms with van der Waals surface area (Å²) in [5.41, 5.74) is -1.39. The molecule has 0 spiro atoms. The van der Waals surface area contributed by atoms with Crippen LogP contribution in [0, 0.1) is 11.2 Å². The van der Waals surface area contributed by atoms with Gasteiger partial charge in [0, 0.05) is 18.0 Å². The molecule has 0 atom stereocenters. The molecule has 1 aromatic heterocycles. The Kier molecular flexibility index (Phi) is 4.68. The highest BCUT2D eigenvalue weighted by Crippen LogP contribution is 2.70.